The van der Waals surface area contributed by atoms with Crippen LogP contribution in [0.2, 0.25) is 5.02 Å². The van der Waals surface area contributed by atoms with Crippen molar-refractivity contribution >= 4 is 23.4 Å². The molecule has 1 aliphatic rings. The van der Waals surface area contributed by atoms with Gasteiger partial charge in [-0.15, -0.1) is 0 Å². The summed E-state index contributed by atoms with van der Waals surface area (Å²) in [5.41, 5.74) is 2.06. The molecule has 0 radical (unpaired) electrons. The van der Waals surface area contributed by atoms with E-state index in [2.05, 4.69) is 17.4 Å². The Kier molecular flexibility index (Phi) is 8.32. The molecule has 1 aliphatic carbocycles. The molecule has 4 nitrogen and oxygen atoms in total. The van der Waals surface area contributed by atoms with Gasteiger partial charge in [0.15, 0.2) is 0 Å². The zero-order valence-electron chi connectivity index (χ0n) is 17.6. The molecule has 0 aliphatic heterocycles. The van der Waals surface area contributed by atoms with Crippen molar-refractivity contribution in [2.45, 2.75) is 64.0 Å². The van der Waals surface area contributed by atoms with Crippen molar-refractivity contribution in [3.05, 3.63) is 70.7 Å². The van der Waals surface area contributed by atoms with Crippen molar-refractivity contribution in [1.29, 1.82) is 0 Å². The molecule has 160 valence electrons. The van der Waals surface area contributed by atoms with E-state index >= 15 is 0 Å². The van der Waals surface area contributed by atoms with E-state index in [9.17, 15) is 9.59 Å². The molecule has 5 heteroatoms. The first-order valence-corrected chi connectivity index (χ1v) is 11.3. The lowest BCUT2D eigenvalue weighted by Crippen LogP contribution is -2.52. The fourth-order valence-electron chi connectivity index (χ4n) is 4.14. The standard InChI is InChI=1S/C25H31ClN2O2/c1-2-23(25(30)27-22-10-6-7-11-22)28(17-16-19-8-4-3-5-9-19)24(29)18-20-12-14-21(26)15-13-20/h3-5,8-9,12-15,22-23H,2,6-7,10-11,16-18H2,1H3,(H,27,30). The zero-order chi connectivity index (χ0) is 21.3. The van der Waals surface area contributed by atoms with Gasteiger partial charge in [0, 0.05) is 17.6 Å². The second kappa shape index (κ2) is 11.2. The number of rotatable bonds is 9. The van der Waals surface area contributed by atoms with E-state index in [-0.39, 0.29) is 24.3 Å². The fraction of sp³-hybridized carbons (Fsp3) is 0.440. The molecule has 1 N–H and O–H groups in total. The predicted octanol–water partition coefficient (Wildman–Crippen LogP) is 4.79. The molecule has 1 fully saturated rings. The number of hydrogen-bond acceptors (Lipinski definition) is 2. The van der Waals surface area contributed by atoms with Gasteiger partial charge in [0.1, 0.15) is 6.04 Å². The molecule has 2 amide bonds. The van der Waals surface area contributed by atoms with Gasteiger partial charge in [-0.25, -0.2) is 0 Å². The summed E-state index contributed by atoms with van der Waals surface area (Å²) in [6, 6.07) is 17.2. The minimum Gasteiger partial charge on any atom is -0.352 e. The van der Waals surface area contributed by atoms with Crippen molar-refractivity contribution in [2.24, 2.45) is 0 Å². The molecule has 0 saturated heterocycles. The molecule has 1 unspecified atom stereocenters. The third kappa shape index (κ3) is 6.33. The summed E-state index contributed by atoms with van der Waals surface area (Å²) in [4.78, 5) is 28.1. The first-order chi connectivity index (χ1) is 14.6. The topological polar surface area (TPSA) is 49.4 Å². The maximum Gasteiger partial charge on any atom is 0.243 e. The van der Waals surface area contributed by atoms with Gasteiger partial charge in [-0.05, 0) is 48.9 Å². The highest BCUT2D eigenvalue weighted by molar-refractivity contribution is 6.30. The van der Waals surface area contributed by atoms with Gasteiger partial charge in [0.05, 0.1) is 6.42 Å². The Morgan fingerprint density at radius 3 is 2.33 bits per heavy atom. The summed E-state index contributed by atoms with van der Waals surface area (Å²) >= 11 is 5.98. The number of carbonyl (C=O) groups is 2. The highest BCUT2D eigenvalue weighted by Crippen LogP contribution is 2.19. The first-order valence-electron chi connectivity index (χ1n) is 10.9. The number of amides is 2. The number of carbonyl (C=O) groups excluding carboxylic acids is 2. The lowest BCUT2D eigenvalue weighted by Gasteiger charge is -2.31. The quantitative estimate of drug-likeness (QED) is 0.626. The molecule has 0 bridgehead atoms. The van der Waals surface area contributed by atoms with Crippen molar-refractivity contribution in [3.8, 4) is 0 Å². The molecule has 2 aromatic rings. The zero-order valence-corrected chi connectivity index (χ0v) is 18.4. The van der Waals surface area contributed by atoms with Crippen LogP contribution in [-0.4, -0.2) is 35.3 Å². The Balaban J connectivity index is 1.74. The smallest absolute Gasteiger partial charge is 0.243 e. The average molecular weight is 427 g/mol. The van der Waals surface area contributed by atoms with Gasteiger partial charge in [-0.1, -0.05) is 73.8 Å². The summed E-state index contributed by atoms with van der Waals surface area (Å²) in [5.74, 6) is -0.0522. The molecule has 30 heavy (non-hydrogen) atoms. The van der Waals surface area contributed by atoms with Crippen LogP contribution in [0.25, 0.3) is 0 Å². The van der Waals surface area contributed by atoms with E-state index in [1.54, 1.807) is 17.0 Å². The van der Waals surface area contributed by atoms with Crippen molar-refractivity contribution in [2.75, 3.05) is 6.54 Å². The average Bonchev–Trinajstić information content (AvgIpc) is 3.26. The highest BCUT2D eigenvalue weighted by Gasteiger charge is 2.30. The van der Waals surface area contributed by atoms with E-state index in [1.165, 1.54) is 0 Å². The molecule has 0 spiro atoms. The van der Waals surface area contributed by atoms with Crippen LogP contribution in [0.1, 0.15) is 50.2 Å². The summed E-state index contributed by atoms with van der Waals surface area (Å²) in [6.45, 7) is 2.50. The van der Waals surface area contributed by atoms with Gasteiger partial charge in [0.25, 0.3) is 0 Å². The fourth-order valence-corrected chi connectivity index (χ4v) is 4.27. The van der Waals surface area contributed by atoms with Crippen molar-refractivity contribution in [3.63, 3.8) is 0 Å². The summed E-state index contributed by atoms with van der Waals surface area (Å²) in [6.07, 6.45) is 5.97. The maximum absolute atomic E-state index is 13.3. The number of hydrogen-bond donors (Lipinski definition) is 1. The number of nitrogens with one attached hydrogen (secondary N) is 1. The van der Waals surface area contributed by atoms with Crippen LogP contribution in [0.4, 0.5) is 0 Å². The van der Waals surface area contributed by atoms with Crippen LogP contribution in [0.15, 0.2) is 54.6 Å². The Morgan fingerprint density at radius 2 is 1.70 bits per heavy atom. The van der Waals surface area contributed by atoms with Crippen LogP contribution >= 0.6 is 11.6 Å². The molecular weight excluding hydrogens is 396 g/mol. The van der Waals surface area contributed by atoms with Crippen LogP contribution in [0.5, 0.6) is 0 Å². The third-order valence-corrected chi connectivity index (χ3v) is 6.09. The van der Waals surface area contributed by atoms with Gasteiger partial charge in [0.2, 0.25) is 11.8 Å². The normalized spacial score (nSPS) is 15.0. The largest absolute Gasteiger partial charge is 0.352 e. The van der Waals surface area contributed by atoms with Crippen LogP contribution < -0.4 is 5.32 Å². The van der Waals surface area contributed by atoms with Gasteiger partial charge in [-0.3, -0.25) is 9.59 Å². The molecule has 0 heterocycles. The first kappa shape index (κ1) is 22.4. The molecule has 1 atom stereocenters. The van der Waals surface area contributed by atoms with Crippen molar-refractivity contribution in [1.82, 2.24) is 10.2 Å². The number of halogens is 1. The predicted molar refractivity (Wildman–Crippen MR) is 121 cm³/mol. The lowest BCUT2D eigenvalue weighted by atomic mass is 10.1. The lowest BCUT2D eigenvalue weighted by molar-refractivity contribution is -0.140. The summed E-state index contributed by atoms with van der Waals surface area (Å²) in [5, 5.41) is 3.83. The summed E-state index contributed by atoms with van der Waals surface area (Å²) in [7, 11) is 0. The van der Waals surface area contributed by atoms with Gasteiger partial charge < -0.3 is 10.2 Å². The van der Waals surface area contributed by atoms with E-state index < -0.39 is 6.04 Å². The number of benzene rings is 2. The van der Waals surface area contributed by atoms with E-state index in [4.69, 9.17) is 11.6 Å². The molecule has 0 aromatic heterocycles. The van der Waals surface area contributed by atoms with Crippen LogP contribution in [0.3, 0.4) is 0 Å². The second-order valence-corrected chi connectivity index (χ2v) is 8.48. The SMILES string of the molecule is CCC(C(=O)NC1CCCC1)N(CCc1ccccc1)C(=O)Cc1ccc(Cl)cc1. The molecular formula is C25H31ClN2O2. The highest BCUT2D eigenvalue weighted by atomic mass is 35.5. The minimum atomic E-state index is -0.450. The Morgan fingerprint density at radius 1 is 1.03 bits per heavy atom. The van der Waals surface area contributed by atoms with Gasteiger partial charge in [-0.2, -0.15) is 0 Å². The van der Waals surface area contributed by atoms with E-state index in [1.807, 2.05) is 37.3 Å². The molecule has 1 saturated carbocycles. The van der Waals surface area contributed by atoms with Crippen LogP contribution in [-0.2, 0) is 22.4 Å². The van der Waals surface area contributed by atoms with E-state index in [0.29, 0.717) is 18.0 Å². The Hall–Kier alpha value is -2.33. The van der Waals surface area contributed by atoms with Gasteiger partial charge >= 0.3 is 0 Å². The number of nitrogens with zero attached hydrogens (tertiary/aromatic N) is 1. The summed E-state index contributed by atoms with van der Waals surface area (Å²) < 4.78 is 0. The monoisotopic (exact) mass is 426 g/mol. The minimum absolute atomic E-state index is 0.0260. The van der Waals surface area contributed by atoms with Crippen LogP contribution in [0, 0.1) is 0 Å². The Bertz CT molecular complexity index is 817. The van der Waals surface area contributed by atoms with Crippen molar-refractivity contribution < 1.29 is 9.59 Å². The maximum atomic E-state index is 13.3. The Labute approximate surface area is 184 Å². The van der Waals surface area contributed by atoms with E-state index in [0.717, 1.165) is 43.2 Å². The molecule has 2 aromatic carbocycles. The third-order valence-electron chi connectivity index (χ3n) is 5.84. The second-order valence-electron chi connectivity index (χ2n) is 8.04. The molecule has 3 rings (SSSR count).